The van der Waals surface area contributed by atoms with Crippen LogP contribution >= 0.6 is 22.7 Å². The van der Waals surface area contributed by atoms with Crippen molar-refractivity contribution in [3.8, 4) is 27.9 Å². The molecule has 15 rings (SSSR count). The fourth-order valence-corrected chi connectivity index (χ4v) is 15.8. The van der Waals surface area contributed by atoms with Crippen LogP contribution in [0.15, 0.2) is 133 Å². The SMILES string of the molecule is CC(C)(C)c1ccc(N2B3c4cc5c(cc4-n4c6cc7c(cc6c6ccc(c3c64)-c3cc4sc6cc8c(cc6c4cc32)C(C)(C)CCC8(C)C)sc2ccccc27)-c2ccccc2C5(C)C)cc1. The van der Waals surface area contributed by atoms with Crippen molar-refractivity contribution in [3.05, 3.63) is 161 Å². The Bertz CT molecular complexity index is 4110. The van der Waals surface area contributed by atoms with Crippen LogP contribution in [0.5, 0.6) is 0 Å². The number of hydrogen-bond acceptors (Lipinski definition) is 3. The second-order valence-corrected chi connectivity index (χ2v) is 25.7. The van der Waals surface area contributed by atoms with Crippen LogP contribution in [-0.4, -0.2) is 11.4 Å². The van der Waals surface area contributed by atoms with Crippen LogP contribution in [-0.2, 0) is 21.7 Å². The summed E-state index contributed by atoms with van der Waals surface area (Å²) in [6, 6.07) is 53.3. The normalized spacial score (nSPS) is 17.1. The highest BCUT2D eigenvalue weighted by molar-refractivity contribution is 7.26. The lowest BCUT2D eigenvalue weighted by Crippen LogP contribution is -2.60. The minimum absolute atomic E-state index is 0.0406. The van der Waals surface area contributed by atoms with Gasteiger partial charge in [-0.25, -0.2) is 0 Å². The zero-order chi connectivity index (χ0) is 46.1. The van der Waals surface area contributed by atoms with E-state index in [0.29, 0.717) is 0 Å². The van der Waals surface area contributed by atoms with Gasteiger partial charge in [-0.15, -0.1) is 22.7 Å². The zero-order valence-electron chi connectivity index (χ0n) is 40.4. The number of thiophene rings is 2. The highest BCUT2D eigenvalue weighted by Gasteiger charge is 2.47. The van der Waals surface area contributed by atoms with Crippen molar-refractivity contribution in [1.29, 1.82) is 0 Å². The summed E-state index contributed by atoms with van der Waals surface area (Å²) in [4.78, 5) is 2.76. The molecule has 0 bridgehead atoms. The number of fused-ring (bicyclic) bond motifs is 18. The fourth-order valence-electron chi connectivity index (χ4n) is 13.5. The van der Waals surface area contributed by atoms with E-state index in [1.807, 2.05) is 22.7 Å². The van der Waals surface area contributed by atoms with Gasteiger partial charge in [-0.2, -0.15) is 0 Å². The van der Waals surface area contributed by atoms with Gasteiger partial charge in [0.15, 0.2) is 0 Å². The van der Waals surface area contributed by atoms with E-state index in [2.05, 4.69) is 205 Å². The summed E-state index contributed by atoms with van der Waals surface area (Å²) in [5, 5.41) is 8.11. The topological polar surface area (TPSA) is 8.17 Å². The fraction of sp³-hybridized carbons (Fsp3) is 0.238. The van der Waals surface area contributed by atoms with Crippen molar-refractivity contribution in [1.82, 2.24) is 4.57 Å². The first-order chi connectivity index (χ1) is 32.6. The van der Waals surface area contributed by atoms with E-state index in [0.717, 1.165) is 0 Å². The van der Waals surface area contributed by atoms with Gasteiger partial charge in [-0.05, 0) is 145 Å². The van der Waals surface area contributed by atoms with Crippen LogP contribution < -0.4 is 15.7 Å². The molecule has 5 heteroatoms. The lowest BCUT2D eigenvalue weighted by molar-refractivity contribution is 0.332. The standard InChI is InChI=1S/C63H53BN2S2/c1-60(2,3)34-18-20-35(21-19-34)66-52-29-45-43-26-48-49(62(6,7)25-24-61(48,4)5)33-57(43)68-56(45)30-41(52)38-22-23-39-42-31-55-44(37-15-11-13-17-54(37)67-55)28-51(42)65-53-27-40-36-14-10-12-16-46(36)63(8,9)47(40)32-50(53)64(66)58(38)59(39)65/h10-23,26-33H,24-25H2,1-9H3. The molecule has 0 radical (unpaired) electrons. The Balaban J connectivity index is 1.09. The molecule has 0 N–H and O–H groups in total. The van der Waals surface area contributed by atoms with Crippen molar-refractivity contribution in [2.24, 2.45) is 0 Å². The average Bonchev–Trinajstić information content (AvgIpc) is 4.03. The first-order valence-corrected chi connectivity index (χ1v) is 26.4. The quantitative estimate of drug-likeness (QED) is 0.149. The first kappa shape index (κ1) is 39.8. The molecule has 68 heavy (non-hydrogen) atoms. The van der Waals surface area contributed by atoms with Gasteiger partial charge in [0.25, 0.3) is 0 Å². The van der Waals surface area contributed by atoms with Crippen molar-refractivity contribution >= 4 is 114 Å². The van der Waals surface area contributed by atoms with Crippen molar-refractivity contribution in [2.45, 2.75) is 96.8 Å². The second kappa shape index (κ2) is 12.7. The summed E-state index contributed by atoms with van der Waals surface area (Å²) in [7, 11) is 0. The molecule has 2 aliphatic carbocycles. The molecular formula is C63H53BN2S2. The predicted molar refractivity (Wildman–Crippen MR) is 297 cm³/mol. The van der Waals surface area contributed by atoms with Gasteiger partial charge in [0.2, 0.25) is 0 Å². The third-order valence-corrected chi connectivity index (χ3v) is 19.6. The Morgan fingerprint density at radius 2 is 1.16 bits per heavy atom. The van der Waals surface area contributed by atoms with Crippen LogP contribution in [0.4, 0.5) is 11.4 Å². The Morgan fingerprint density at radius 1 is 0.485 bits per heavy atom. The van der Waals surface area contributed by atoms with Crippen molar-refractivity contribution in [2.75, 3.05) is 4.81 Å². The van der Waals surface area contributed by atoms with Crippen LogP contribution in [0.1, 0.15) is 103 Å². The van der Waals surface area contributed by atoms with Crippen molar-refractivity contribution < 1.29 is 0 Å². The smallest absolute Gasteiger partial charge is 0.333 e. The van der Waals surface area contributed by atoms with Gasteiger partial charge in [-0.3, -0.25) is 0 Å². The molecule has 2 aliphatic heterocycles. The van der Waals surface area contributed by atoms with E-state index in [-0.39, 0.29) is 28.5 Å². The molecule has 3 aromatic heterocycles. The summed E-state index contributed by atoms with van der Waals surface area (Å²) < 4.78 is 8.15. The second-order valence-electron chi connectivity index (χ2n) is 23.5. The summed E-state index contributed by atoms with van der Waals surface area (Å²) >= 11 is 3.91. The highest BCUT2D eigenvalue weighted by atomic mass is 32.1. The minimum atomic E-state index is -0.147. The Kier molecular flexibility index (Phi) is 7.46. The average molecular weight is 913 g/mol. The Labute approximate surface area is 407 Å². The maximum absolute atomic E-state index is 2.76. The molecule has 0 atom stereocenters. The van der Waals surface area contributed by atoms with E-state index >= 15 is 0 Å². The van der Waals surface area contributed by atoms with E-state index in [4.69, 9.17) is 0 Å². The number of anilines is 2. The molecule has 2 nitrogen and oxygen atoms in total. The Hall–Kier alpha value is -6.14. The Morgan fingerprint density at radius 3 is 1.96 bits per heavy atom. The zero-order valence-corrected chi connectivity index (χ0v) is 42.0. The van der Waals surface area contributed by atoms with Gasteiger partial charge in [-0.1, -0.05) is 135 Å². The molecule has 5 heterocycles. The molecule has 11 aromatic rings. The number of aromatic nitrogens is 1. The van der Waals surface area contributed by atoms with E-state index < -0.39 is 0 Å². The summed E-state index contributed by atoms with van der Waals surface area (Å²) in [6.07, 6.45) is 2.42. The predicted octanol–water partition coefficient (Wildman–Crippen LogP) is 16.7. The van der Waals surface area contributed by atoms with Crippen molar-refractivity contribution in [3.63, 3.8) is 0 Å². The summed E-state index contributed by atoms with van der Waals surface area (Å²) in [5.74, 6) is 0. The third-order valence-electron chi connectivity index (χ3n) is 17.4. The summed E-state index contributed by atoms with van der Waals surface area (Å²) in [6.45, 7) is 21.6. The number of benzene rings is 8. The molecule has 0 unspecified atom stereocenters. The van der Waals surface area contributed by atoms with Gasteiger partial charge in [0.05, 0.1) is 11.0 Å². The van der Waals surface area contributed by atoms with Crippen LogP contribution in [0.3, 0.4) is 0 Å². The largest absolute Gasteiger partial charge is 0.376 e. The van der Waals surface area contributed by atoms with E-state index in [1.165, 1.54) is 153 Å². The monoisotopic (exact) mass is 912 g/mol. The lowest BCUT2D eigenvalue weighted by Gasteiger charge is -2.42. The molecule has 8 aromatic carbocycles. The summed E-state index contributed by atoms with van der Waals surface area (Å²) in [5.41, 5.74) is 22.1. The number of hydrogen-bond donors (Lipinski definition) is 0. The molecule has 0 saturated heterocycles. The van der Waals surface area contributed by atoms with E-state index in [1.54, 1.807) is 0 Å². The molecule has 330 valence electrons. The maximum atomic E-state index is 2.76. The molecule has 0 fully saturated rings. The van der Waals surface area contributed by atoms with E-state index in [9.17, 15) is 0 Å². The van der Waals surface area contributed by atoms with Gasteiger partial charge < -0.3 is 9.38 Å². The molecular weight excluding hydrogens is 860 g/mol. The van der Waals surface area contributed by atoms with Gasteiger partial charge in [0.1, 0.15) is 0 Å². The third kappa shape index (κ3) is 4.99. The minimum Gasteiger partial charge on any atom is -0.376 e. The lowest BCUT2D eigenvalue weighted by atomic mass is 9.43. The van der Waals surface area contributed by atoms with Gasteiger partial charge >= 0.3 is 6.85 Å². The van der Waals surface area contributed by atoms with Crippen LogP contribution in [0.25, 0.3) is 90.1 Å². The molecule has 4 aliphatic rings. The molecule has 0 saturated carbocycles. The first-order valence-electron chi connectivity index (χ1n) is 24.7. The number of rotatable bonds is 1. The molecule has 0 spiro atoms. The molecule has 0 amide bonds. The maximum Gasteiger partial charge on any atom is 0.333 e. The van der Waals surface area contributed by atoms with Gasteiger partial charge in [0, 0.05) is 79.2 Å². The highest BCUT2D eigenvalue weighted by Crippen LogP contribution is 2.54. The number of nitrogens with zero attached hydrogens (tertiary/aromatic N) is 2. The van der Waals surface area contributed by atoms with Crippen LogP contribution in [0.2, 0.25) is 0 Å². The van der Waals surface area contributed by atoms with Crippen LogP contribution in [0, 0.1) is 0 Å².